The van der Waals surface area contributed by atoms with Gasteiger partial charge in [-0.1, -0.05) is 0 Å². The van der Waals surface area contributed by atoms with Crippen LogP contribution in [0.15, 0.2) is 30.5 Å². The smallest absolute Gasteiger partial charge is 0.270 e. The topological polar surface area (TPSA) is 74.9 Å². The molecule has 3 rings (SSSR count). The molecule has 1 aliphatic heterocycles. The largest absolute Gasteiger partial charge is 0.496 e. The number of hydrogen-bond acceptors (Lipinski definition) is 4. The van der Waals surface area contributed by atoms with Crippen molar-refractivity contribution in [2.24, 2.45) is 0 Å². The predicted octanol–water partition coefficient (Wildman–Crippen LogP) is 2.33. The molecule has 1 aromatic heterocycles. The molecule has 1 fully saturated rings. The van der Waals surface area contributed by atoms with Crippen LogP contribution in [0, 0.1) is 6.92 Å². The normalized spacial score (nSPS) is 14.6. The summed E-state index contributed by atoms with van der Waals surface area (Å²) in [7, 11) is 3.14. The SMILES string of the molecule is COc1cc(C(=O)N2CCCN(C(=O)c3ccc[nH]3)CC2)c(OC)cc1C. The molecular formula is C20H25N3O4. The molecule has 2 amide bonds. The highest BCUT2D eigenvalue weighted by Gasteiger charge is 2.26. The van der Waals surface area contributed by atoms with Gasteiger partial charge in [0.05, 0.1) is 19.8 Å². The van der Waals surface area contributed by atoms with E-state index in [-0.39, 0.29) is 11.8 Å². The minimum atomic E-state index is -0.112. The molecule has 1 N–H and O–H groups in total. The summed E-state index contributed by atoms with van der Waals surface area (Å²) >= 11 is 0. The van der Waals surface area contributed by atoms with Gasteiger partial charge in [-0.3, -0.25) is 9.59 Å². The molecule has 1 aromatic carbocycles. The van der Waals surface area contributed by atoms with Crippen molar-refractivity contribution in [3.05, 3.63) is 47.3 Å². The van der Waals surface area contributed by atoms with Gasteiger partial charge in [0.25, 0.3) is 11.8 Å². The Bertz CT molecular complexity index is 817. The van der Waals surface area contributed by atoms with Gasteiger partial charge in [0.1, 0.15) is 17.2 Å². The zero-order valence-corrected chi connectivity index (χ0v) is 15.9. The zero-order chi connectivity index (χ0) is 19.4. The number of rotatable bonds is 4. The van der Waals surface area contributed by atoms with Gasteiger partial charge in [-0.25, -0.2) is 0 Å². The number of aromatic nitrogens is 1. The number of H-pyrrole nitrogens is 1. The number of carbonyl (C=O) groups excluding carboxylic acids is 2. The maximum Gasteiger partial charge on any atom is 0.270 e. The summed E-state index contributed by atoms with van der Waals surface area (Å²) in [6, 6.07) is 7.10. The minimum Gasteiger partial charge on any atom is -0.496 e. The van der Waals surface area contributed by atoms with Crippen LogP contribution < -0.4 is 9.47 Å². The van der Waals surface area contributed by atoms with E-state index in [1.807, 2.05) is 13.0 Å². The molecule has 27 heavy (non-hydrogen) atoms. The number of nitrogens with zero attached hydrogens (tertiary/aromatic N) is 2. The number of benzene rings is 1. The molecular weight excluding hydrogens is 346 g/mol. The van der Waals surface area contributed by atoms with Crippen LogP contribution in [0.2, 0.25) is 0 Å². The number of hydrogen-bond donors (Lipinski definition) is 1. The van der Waals surface area contributed by atoms with E-state index in [2.05, 4.69) is 4.98 Å². The van der Waals surface area contributed by atoms with Crippen LogP contribution in [0.1, 0.15) is 32.8 Å². The highest BCUT2D eigenvalue weighted by Crippen LogP contribution is 2.29. The van der Waals surface area contributed by atoms with E-state index in [0.29, 0.717) is 48.9 Å². The van der Waals surface area contributed by atoms with E-state index >= 15 is 0 Å². The Morgan fingerprint density at radius 1 is 0.963 bits per heavy atom. The van der Waals surface area contributed by atoms with E-state index < -0.39 is 0 Å². The van der Waals surface area contributed by atoms with Gasteiger partial charge in [-0.05, 0) is 43.2 Å². The van der Waals surface area contributed by atoms with Crippen LogP contribution >= 0.6 is 0 Å². The van der Waals surface area contributed by atoms with E-state index in [1.165, 1.54) is 0 Å². The molecule has 2 heterocycles. The highest BCUT2D eigenvalue weighted by atomic mass is 16.5. The Balaban J connectivity index is 1.76. The number of aryl methyl sites for hydroxylation is 1. The summed E-state index contributed by atoms with van der Waals surface area (Å²) in [6.07, 6.45) is 2.46. The fourth-order valence-electron chi connectivity index (χ4n) is 3.35. The van der Waals surface area contributed by atoms with E-state index in [9.17, 15) is 9.59 Å². The van der Waals surface area contributed by atoms with Crippen LogP contribution in [0.25, 0.3) is 0 Å². The van der Waals surface area contributed by atoms with Gasteiger partial charge in [-0.15, -0.1) is 0 Å². The number of carbonyl (C=O) groups is 2. The molecule has 7 nitrogen and oxygen atoms in total. The number of amides is 2. The molecule has 144 valence electrons. The van der Waals surface area contributed by atoms with Gasteiger partial charge < -0.3 is 24.3 Å². The van der Waals surface area contributed by atoms with Crippen LogP contribution in [-0.4, -0.2) is 67.0 Å². The first kappa shape index (κ1) is 18.8. The quantitative estimate of drug-likeness (QED) is 0.895. The van der Waals surface area contributed by atoms with Crippen LogP contribution in [0.5, 0.6) is 11.5 Å². The Kier molecular flexibility index (Phi) is 5.69. The van der Waals surface area contributed by atoms with E-state index in [4.69, 9.17) is 9.47 Å². The van der Waals surface area contributed by atoms with Gasteiger partial charge in [0.15, 0.2) is 0 Å². The van der Waals surface area contributed by atoms with Crippen molar-refractivity contribution in [1.82, 2.24) is 14.8 Å². The Hall–Kier alpha value is -2.96. The first-order chi connectivity index (χ1) is 13.0. The molecule has 0 atom stereocenters. The lowest BCUT2D eigenvalue weighted by molar-refractivity contribution is 0.0714. The number of nitrogens with one attached hydrogen (secondary N) is 1. The molecule has 0 unspecified atom stereocenters. The molecule has 1 saturated heterocycles. The Labute approximate surface area is 158 Å². The third-order valence-corrected chi connectivity index (χ3v) is 4.85. The standard InChI is InChI=1S/C20H25N3O4/c1-14-12-18(27-3)15(13-17(14)26-2)19(24)22-8-5-9-23(11-10-22)20(25)16-6-4-7-21-16/h4,6-7,12-13,21H,5,8-11H2,1-3H3. The molecule has 1 aliphatic rings. The second kappa shape index (κ2) is 8.16. The first-order valence-corrected chi connectivity index (χ1v) is 8.99. The number of ether oxygens (including phenoxy) is 2. The third-order valence-electron chi connectivity index (χ3n) is 4.85. The van der Waals surface area contributed by atoms with Crippen LogP contribution in [0.4, 0.5) is 0 Å². The molecule has 2 aromatic rings. The summed E-state index contributed by atoms with van der Waals surface area (Å²) in [6.45, 7) is 4.09. The maximum atomic E-state index is 13.1. The Morgan fingerprint density at radius 3 is 2.22 bits per heavy atom. The van der Waals surface area contributed by atoms with E-state index in [0.717, 1.165) is 12.0 Å². The summed E-state index contributed by atoms with van der Waals surface area (Å²) in [5.74, 6) is 1.03. The zero-order valence-electron chi connectivity index (χ0n) is 15.9. The van der Waals surface area contributed by atoms with Gasteiger partial charge in [0, 0.05) is 32.4 Å². The average molecular weight is 371 g/mol. The van der Waals surface area contributed by atoms with Crippen molar-refractivity contribution in [3.8, 4) is 11.5 Å². The van der Waals surface area contributed by atoms with Crippen LogP contribution in [-0.2, 0) is 0 Å². The van der Waals surface area contributed by atoms with Crippen molar-refractivity contribution >= 4 is 11.8 Å². The van der Waals surface area contributed by atoms with Crippen molar-refractivity contribution in [1.29, 1.82) is 0 Å². The lowest BCUT2D eigenvalue weighted by Crippen LogP contribution is -2.37. The fourth-order valence-corrected chi connectivity index (χ4v) is 3.35. The first-order valence-electron chi connectivity index (χ1n) is 8.99. The molecule has 0 saturated carbocycles. The van der Waals surface area contributed by atoms with Crippen molar-refractivity contribution in [3.63, 3.8) is 0 Å². The second-order valence-corrected chi connectivity index (χ2v) is 6.54. The Morgan fingerprint density at radius 2 is 1.63 bits per heavy atom. The highest BCUT2D eigenvalue weighted by molar-refractivity contribution is 5.98. The molecule has 0 radical (unpaired) electrons. The molecule has 0 bridgehead atoms. The van der Waals surface area contributed by atoms with Gasteiger partial charge in [-0.2, -0.15) is 0 Å². The minimum absolute atomic E-state index is 0.0381. The number of aromatic amines is 1. The van der Waals surface area contributed by atoms with Crippen molar-refractivity contribution in [2.75, 3.05) is 40.4 Å². The lowest BCUT2D eigenvalue weighted by atomic mass is 10.1. The summed E-state index contributed by atoms with van der Waals surface area (Å²) in [4.78, 5) is 32.1. The molecule has 0 aliphatic carbocycles. The third kappa shape index (κ3) is 3.92. The van der Waals surface area contributed by atoms with Gasteiger partial charge >= 0.3 is 0 Å². The maximum absolute atomic E-state index is 13.1. The second-order valence-electron chi connectivity index (χ2n) is 6.54. The fraction of sp³-hybridized carbons (Fsp3) is 0.400. The molecule has 7 heteroatoms. The molecule has 0 spiro atoms. The van der Waals surface area contributed by atoms with Crippen molar-refractivity contribution in [2.45, 2.75) is 13.3 Å². The number of methoxy groups -OCH3 is 2. The van der Waals surface area contributed by atoms with Crippen molar-refractivity contribution < 1.29 is 19.1 Å². The summed E-state index contributed by atoms with van der Waals surface area (Å²) < 4.78 is 10.8. The van der Waals surface area contributed by atoms with Crippen LogP contribution in [0.3, 0.4) is 0 Å². The summed E-state index contributed by atoms with van der Waals surface area (Å²) in [5.41, 5.74) is 1.95. The monoisotopic (exact) mass is 371 g/mol. The van der Waals surface area contributed by atoms with Gasteiger partial charge in [0.2, 0.25) is 0 Å². The predicted molar refractivity (Wildman–Crippen MR) is 101 cm³/mol. The summed E-state index contributed by atoms with van der Waals surface area (Å²) in [5, 5.41) is 0. The lowest BCUT2D eigenvalue weighted by Gasteiger charge is -2.23. The van der Waals surface area contributed by atoms with E-state index in [1.54, 1.807) is 48.4 Å². The average Bonchev–Trinajstić information content (AvgIpc) is 3.11.